The summed E-state index contributed by atoms with van der Waals surface area (Å²) in [5.74, 6) is 0. The normalized spacial score (nSPS) is 12.9. The van der Waals surface area contributed by atoms with E-state index in [1.54, 1.807) is 0 Å². The van der Waals surface area contributed by atoms with Crippen molar-refractivity contribution in [1.29, 1.82) is 0 Å². The van der Waals surface area contributed by atoms with Crippen LogP contribution in [-0.2, 0) is 6.42 Å². The van der Waals surface area contributed by atoms with Gasteiger partial charge in [-0.1, -0.05) is 18.6 Å². The number of thiol groups is 1. The fourth-order valence-electron chi connectivity index (χ4n) is 2.70. The molecule has 2 aromatic rings. The van der Waals surface area contributed by atoms with E-state index in [1.807, 2.05) is 12.1 Å². The van der Waals surface area contributed by atoms with Gasteiger partial charge in [-0.15, -0.1) is 19.2 Å². The molecule has 120 valence electrons. The van der Waals surface area contributed by atoms with Crippen LogP contribution in [0.15, 0.2) is 36.9 Å². The Morgan fingerprint density at radius 1 is 1.32 bits per heavy atom. The molecule has 1 unspecified atom stereocenters. The number of aliphatic hydroxyl groups is 1. The molecule has 0 radical (unpaired) electrons. The zero-order valence-corrected chi connectivity index (χ0v) is 14.1. The molecule has 3 nitrogen and oxygen atoms in total. The SMILES string of the molecule is C=CCN(C)CCCCCc1ccc2[nH]c(C(O)S)cc2c1. The van der Waals surface area contributed by atoms with Gasteiger partial charge in [0.15, 0.2) is 0 Å². The van der Waals surface area contributed by atoms with Crippen molar-refractivity contribution in [2.45, 2.75) is 31.1 Å². The van der Waals surface area contributed by atoms with Crippen LogP contribution < -0.4 is 0 Å². The Labute approximate surface area is 138 Å². The monoisotopic (exact) mass is 318 g/mol. The maximum atomic E-state index is 9.50. The molecule has 0 amide bonds. The van der Waals surface area contributed by atoms with Crippen LogP contribution in [0.5, 0.6) is 0 Å². The van der Waals surface area contributed by atoms with Crippen molar-refractivity contribution in [2.75, 3.05) is 20.1 Å². The summed E-state index contributed by atoms with van der Waals surface area (Å²) in [6.07, 6.45) is 6.73. The third kappa shape index (κ3) is 4.90. The highest BCUT2D eigenvalue weighted by atomic mass is 32.1. The second kappa shape index (κ2) is 8.42. The molecular formula is C18H26N2OS. The number of fused-ring (bicyclic) bond motifs is 1. The number of hydrogen-bond acceptors (Lipinski definition) is 3. The van der Waals surface area contributed by atoms with E-state index in [0.717, 1.165) is 36.1 Å². The van der Waals surface area contributed by atoms with E-state index in [0.29, 0.717) is 0 Å². The van der Waals surface area contributed by atoms with Crippen molar-refractivity contribution in [2.24, 2.45) is 0 Å². The van der Waals surface area contributed by atoms with Gasteiger partial charge in [0.25, 0.3) is 0 Å². The van der Waals surface area contributed by atoms with Crippen LogP contribution in [0.2, 0.25) is 0 Å². The Morgan fingerprint density at radius 3 is 2.86 bits per heavy atom. The summed E-state index contributed by atoms with van der Waals surface area (Å²) in [6.45, 7) is 5.85. The second-order valence-electron chi connectivity index (χ2n) is 5.88. The molecule has 2 rings (SSSR count). The Hall–Kier alpha value is -1.23. The molecule has 0 bridgehead atoms. The predicted octanol–water partition coefficient (Wildman–Crippen LogP) is 3.92. The van der Waals surface area contributed by atoms with Gasteiger partial charge >= 0.3 is 0 Å². The van der Waals surface area contributed by atoms with Crippen molar-refractivity contribution >= 4 is 23.5 Å². The molecule has 4 heteroatoms. The van der Waals surface area contributed by atoms with E-state index >= 15 is 0 Å². The van der Waals surface area contributed by atoms with E-state index in [2.05, 4.69) is 54.3 Å². The quantitative estimate of drug-likeness (QED) is 0.284. The minimum atomic E-state index is -0.747. The van der Waals surface area contributed by atoms with Crippen LogP contribution in [0, 0.1) is 0 Å². The predicted molar refractivity (Wildman–Crippen MR) is 97.5 cm³/mol. The average molecular weight is 318 g/mol. The van der Waals surface area contributed by atoms with Gasteiger partial charge in [-0.3, -0.25) is 0 Å². The maximum absolute atomic E-state index is 9.50. The third-order valence-corrected chi connectivity index (χ3v) is 4.21. The number of nitrogens with zero attached hydrogens (tertiary/aromatic N) is 1. The van der Waals surface area contributed by atoms with Gasteiger partial charge in [0.2, 0.25) is 0 Å². The molecule has 0 aliphatic carbocycles. The number of nitrogens with one attached hydrogen (secondary N) is 1. The summed E-state index contributed by atoms with van der Waals surface area (Å²) >= 11 is 4.05. The van der Waals surface area contributed by atoms with Crippen molar-refractivity contribution in [3.8, 4) is 0 Å². The van der Waals surface area contributed by atoms with Crippen molar-refractivity contribution in [3.05, 3.63) is 48.2 Å². The highest BCUT2D eigenvalue weighted by Crippen LogP contribution is 2.23. The van der Waals surface area contributed by atoms with Crippen LogP contribution >= 0.6 is 12.6 Å². The summed E-state index contributed by atoms with van der Waals surface area (Å²) in [4.78, 5) is 5.48. The van der Waals surface area contributed by atoms with Crippen molar-refractivity contribution in [3.63, 3.8) is 0 Å². The van der Waals surface area contributed by atoms with Gasteiger partial charge in [0, 0.05) is 17.4 Å². The smallest absolute Gasteiger partial charge is 0.137 e. The lowest BCUT2D eigenvalue weighted by atomic mass is 10.1. The van der Waals surface area contributed by atoms with E-state index in [-0.39, 0.29) is 0 Å². The van der Waals surface area contributed by atoms with Gasteiger partial charge in [0.05, 0.1) is 5.69 Å². The molecule has 0 fully saturated rings. The molecule has 2 N–H and O–H groups in total. The van der Waals surface area contributed by atoms with Gasteiger partial charge < -0.3 is 15.0 Å². The number of likely N-dealkylation sites (N-methyl/N-ethyl adjacent to an activating group) is 1. The fraction of sp³-hybridized carbons (Fsp3) is 0.444. The molecule has 0 aliphatic rings. The zero-order valence-electron chi connectivity index (χ0n) is 13.3. The van der Waals surface area contributed by atoms with E-state index < -0.39 is 5.44 Å². The standard InChI is InChI=1S/C18H26N2OS/c1-3-10-20(2)11-6-4-5-7-14-8-9-16-15(12-14)13-17(19-16)18(21)22/h3,8-9,12-13,18-19,21-22H,1,4-7,10-11H2,2H3. The van der Waals surface area contributed by atoms with Crippen LogP contribution in [0.25, 0.3) is 10.9 Å². The average Bonchev–Trinajstić information content (AvgIpc) is 2.90. The third-order valence-electron chi connectivity index (χ3n) is 3.93. The fourth-order valence-corrected chi connectivity index (χ4v) is 2.84. The largest absolute Gasteiger partial charge is 0.377 e. The number of hydrogen-bond donors (Lipinski definition) is 3. The summed E-state index contributed by atoms with van der Waals surface area (Å²) in [5.41, 5.74) is 2.41. The molecule has 0 saturated carbocycles. The Kier molecular flexibility index (Phi) is 6.55. The first-order chi connectivity index (χ1) is 10.6. The first kappa shape index (κ1) is 17.1. The molecule has 22 heavy (non-hydrogen) atoms. The Balaban J connectivity index is 1.80. The van der Waals surface area contributed by atoms with Crippen molar-refractivity contribution in [1.82, 2.24) is 9.88 Å². The topological polar surface area (TPSA) is 39.3 Å². The molecule has 0 saturated heterocycles. The minimum absolute atomic E-state index is 0.747. The highest BCUT2D eigenvalue weighted by Gasteiger charge is 2.06. The van der Waals surface area contributed by atoms with Crippen LogP contribution in [0.1, 0.15) is 36.0 Å². The number of H-pyrrole nitrogens is 1. The van der Waals surface area contributed by atoms with E-state index in [1.165, 1.54) is 24.8 Å². The molecule has 0 spiro atoms. The van der Waals surface area contributed by atoms with Gasteiger partial charge in [-0.25, -0.2) is 0 Å². The van der Waals surface area contributed by atoms with Gasteiger partial charge in [-0.05, 0) is 56.6 Å². The molecule has 1 atom stereocenters. The highest BCUT2D eigenvalue weighted by molar-refractivity contribution is 7.80. The first-order valence-corrected chi connectivity index (χ1v) is 8.39. The van der Waals surface area contributed by atoms with Gasteiger partial charge in [-0.2, -0.15) is 0 Å². The Bertz CT molecular complexity index is 606. The first-order valence-electron chi connectivity index (χ1n) is 7.87. The number of unbranched alkanes of at least 4 members (excludes halogenated alkanes) is 2. The van der Waals surface area contributed by atoms with E-state index in [4.69, 9.17) is 0 Å². The number of aromatic amines is 1. The number of aliphatic hydroxyl groups excluding tert-OH is 1. The molecule has 1 heterocycles. The lowest BCUT2D eigenvalue weighted by Crippen LogP contribution is -2.19. The molecule has 1 aromatic heterocycles. The zero-order chi connectivity index (χ0) is 15.9. The number of benzene rings is 1. The lowest BCUT2D eigenvalue weighted by Gasteiger charge is -2.13. The van der Waals surface area contributed by atoms with E-state index in [9.17, 15) is 5.11 Å². The van der Waals surface area contributed by atoms with Crippen LogP contribution in [0.4, 0.5) is 0 Å². The Morgan fingerprint density at radius 2 is 2.14 bits per heavy atom. The molecular weight excluding hydrogens is 292 g/mol. The van der Waals surface area contributed by atoms with Crippen molar-refractivity contribution < 1.29 is 5.11 Å². The summed E-state index contributed by atoms with van der Waals surface area (Å²) in [6, 6.07) is 8.43. The minimum Gasteiger partial charge on any atom is -0.377 e. The molecule has 0 aliphatic heterocycles. The number of aromatic nitrogens is 1. The summed E-state index contributed by atoms with van der Waals surface area (Å²) in [7, 11) is 2.13. The second-order valence-corrected chi connectivity index (χ2v) is 6.37. The van der Waals surface area contributed by atoms with Gasteiger partial charge in [0.1, 0.15) is 5.44 Å². The number of aryl methyl sites for hydroxylation is 1. The maximum Gasteiger partial charge on any atom is 0.137 e. The lowest BCUT2D eigenvalue weighted by molar-refractivity contribution is 0.268. The molecule has 1 aromatic carbocycles. The summed E-state index contributed by atoms with van der Waals surface area (Å²) in [5, 5.41) is 10.6. The number of rotatable bonds is 9. The van der Waals surface area contributed by atoms with Crippen LogP contribution in [-0.4, -0.2) is 35.1 Å². The summed E-state index contributed by atoms with van der Waals surface area (Å²) < 4.78 is 0. The van der Waals surface area contributed by atoms with Crippen LogP contribution in [0.3, 0.4) is 0 Å².